The summed E-state index contributed by atoms with van der Waals surface area (Å²) in [6.07, 6.45) is 2.40. The number of rotatable bonds is 4. The van der Waals surface area contributed by atoms with Crippen molar-refractivity contribution in [2.45, 2.75) is 31.8 Å². The molecule has 0 aliphatic carbocycles. The summed E-state index contributed by atoms with van der Waals surface area (Å²) in [6, 6.07) is 8.27. The van der Waals surface area contributed by atoms with Gasteiger partial charge in [0.25, 0.3) is 5.89 Å². The Morgan fingerprint density at radius 2 is 2.00 bits per heavy atom. The standard InChI is InChI=1S/C16H21N3O2.ClH/c1-12-5-3-4-6-13(12)11-14-18-15(21-19-14)16(20-2)7-9-17-10-8-16;/h3-6,17H,7-11H2,1-2H3;1H. The highest BCUT2D eigenvalue weighted by Gasteiger charge is 2.39. The van der Waals surface area contributed by atoms with E-state index in [0.29, 0.717) is 18.1 Å². The zero-order valence-corrected chi connectivity index (χ0v) is 13.8. The van der Waals surface area contributed by atoms with E-state index in [9.17, 15) is 0 Å². The number of methoxy groups -OCH3 is 1. The number of piperidine rings is 1. The van der Waals surface area contributed by atoms with Crippen molar-refractivity contribution in [3.8, 4) is 0 Å². The van der Waals surface area contributed by atoms with Crippen molar-refractivity contribution in [1.82, 2.24) is 15.5 Å². The Bertz CT molecular complexity index is 609. The van der Waals surface area contributed by atoms with Crippen LogP contribution in [0.4, 0.5) is 0 Å². The van der Waals surface area contributed by atoms with Crippen LogP contribution in [-0.2, 0) is 16.8 Å². The van der Waals surface area contributed by atoms with Gasteiger partial charge >= 0.3 is 0 Å². The van der Waals surface area contributed by atoms with Crippen LogP contribution >= 0.6 is 12.4 Å². The number of benzene rings is 1. The van der Waals surface area contributed by atoms with Crippen molar-refractivity contribution in [2.24, 2.45) is 0 Å². The zero-order valence-electron chi connectivity index (χ0n) is 13.0. The lowest BCUT2D eigenvalue weighted by Crippen LogP contribution is -2.41. The first-order valence-corrected chi connectivity index (χ1v) is 7.37. The molecule has 0 atom stereocenters. The molecule has 5 nitrogen and oxygen atoms in total. The van der Waals surface area contributed by atoms with Gasteiger partial charge in [0.2, 0.25) is 0 Å². The molecule has 0 radical (unpaired) electrons. The number of ether oxygens (including phenoxy) is 1. The van der Waals surface area contributed by atoms with Gasteiger partial charge in [-0.2, -0.15) is 4.98 Å². The predicted octanol–water partition coefficient (Wildman–Crippen LogP) is 2.62. The smallest absolute Gasteiger partial charge is 0.258 e. The van der Waals surface area contributed by atoms with Gasteiger partial charge in [0.15, 0.2) is 5.82 Å². The molecule has 6 heteroatoms. The topological polar surface area (TPSA) is 60.2 Å². The molecule has 1 aromatic carbocycles. The summed E-state index contributed by atoms with van der Waals surface area (Å²) < 4.78 is 11.2. The fourth-order valence-corrected chi connectivity index (χ4v) is 2.83. The highest BCUT2D eigenvalue weighted by atomic mass is 35.5. The molecule has 1 saturated heterocycles. The molecule has 1 aliphatic heterocycles. The molecule has 2 heterocycles. The Morgan fingerprint density at radius 3 is 2.68 bits per heavy atom. The largest absolute Gasteiger partial charge is 0.368 e. The Balaban J connectivity index is 0.00000176. The molecule has 1 fully saturated rings. The molecule has 0 spiro atoms. The summed E-state index contributed by atoms with van der Waals surface area (Å²) in [5.74, 6) is 1.32. The summed E-state index contributed by atoms with van der Waals surface area (Å²) >= 11 is 0. The van der Waals surface area contributed by atoms with Crippen LogP contribution in [0.3, 0.4) is 0 Å². The molecule has 1 aromatic heterocycles. The molecule has 3 rings (SSSR count). The first kappa shape index (κ1) is 16.9. The summed E-state index contributed by atoms with van der Waals surface area (Å²) in [7, 11) is 1.72. The quantitative estimate of drug-likeness (QED) is 0.937. The molecule has 1 aliphatic rings. The van der Waals surface area contributed by atoms with Gasteiger partial charge in [0.05, 0.1) is 0 Å². The van der Waals surface area contributed by atoms with Crippen LogP contribution in [-0.4, -0.2) is 30.3 Å². The van der Waals surface area contributed by atoms with Crippen molar-refractivity contribution in [2.75, 3.05) is 20.2 Å². The summed E-state index contributed by atoms with van der Waals surface area (Å²) in [5.41, 5.74) is 2.04. The molecule has 0 bridgehead atoms. The maximum absolute atomic E-state index is 5.72. The monoisotopic (exact) mass is 323 g/mol. The van der Waals surface area contributed by atoms with Gasteiger partial charge in [0.1, 0.15) is 5.60 Å². The van der Waals surface area contributed by atoms with Crippen LogP contribution in [0.2, 0.25) is 0 Å². The third-order valence-electron chi connectivity index (χ3n) is 4.27. The normalized spacial score (nSPS) is 17.0. The Morgan fingerprint density at radius 1 is 1.27 bits per heavy atom. The Hall–Kier alpha value is -1.43. The first-order chi connectivity index (χ1) is 10.2. The summed E-state index contributed by atoms with van der Waals surface area (Å²) in [5, 5.41) is 7.46. The number of nitrogens with zero attached hydrogens (tertiary/aromatic N) is 2. The lowest BCUT2D eigenvalue weighted by Gasteiger charge is -2.32. The van der Waals surface area contributed by atoms with Gasteiger partial charge in [-0.05, 0) is 44.0 Å². The highest BCUT2D eigenvalue weighted by molar-refractivity contribution is 5.85. The van der Waals surface area contributed by atoms with E-state index in [1.54, 1.807) is 7.11 Å². The van der Waals surface area contributed by atoms with Gasteiger partial charge in [-0.15, -0.1) is 12.4 Å². The summed E-state index contributed by atoms with van der Waals surface area (Å²) in [6.45, 7) is 3.91. The van der Waals surface area contributed by atoms with Crippen LogP contribution in [0, 0.1) is 6.92 Å². The number of hydrogen-bond acceptors (Lipinski definition) is 5. The van der Waals surface area contributed by atoms with Gasteiger partial charge in [0, 0.05) is 13.5 Å². The van der Waals surface area contributed by atoms with E-state index in [1.165, 1.54) is 11.1 Å². The average molecular weight is 324 g/mol. The van der Waals surface area contributed by atoms with Crippen molar-refractivity contribution < 1.29 is 9.26 Å². The van der Waals surface area contributed by atoms with Crippen LogP contribution in [0.1, 0.15) is 35.7 Å². The fourth-order valence-electron chi connectivity index (χ4n) is 2.83. The van der Waals surface area contributed by atoms with Crippen molar-refractivity contribution >= 4 is 12.4 Å². The van der Waals surface area contributed by atoms with Crippen molar-refractivity contribution in [1.29, 1.82) is 0 Å². The maximum atomic E-state index is 5.72. The van der Waals surface area contributed by atoms with E-state index in [-0.39, 0.29) is 12.4 Å². The van der Waals surface area contributed by atoms with E-state index in [0.717, 1.165) is 25.9 Å². The van der Waals surface area contributed by atoms with Crippen molar-refractivity contribution in [3.05, 3.63) is 47.1 Å². The highest BCUT2D eigenvalue weighted by Crippen LogP contribution is 2.33. The molecule has 2 aromatic rings. The van der Waals surface area contributed by atoms with E-state index < -0.39 is 5.60 Å². The lowest BCUT2D eigenvalue weighted by molar-refractivity contribution is -0.0622. The molecule has 1 N–H and O–H groups in total. The van der Waals surface area contributed by atoms with Crippen molar-refractivity contribution in [3.63, 3.8) is 0 Å². The van der Waals surface area contributed by atoms with Crippen LogP contribution in [0.15, 0.2) is 28.8 Å². The first-order valence-electron chi connectivity index (χ1n) is 7.37. The molecular weight excluding hydrogens is 302 g/mol. The predicted molar refractivity (Wildman–Crippen MR) is 86.3 cm³/mol. The fraction of sp³-hybridized carbons (Fsp3) is 0.500. The van der Waals surface area contributed by atoms with Gasteiger partial charge in [-0.3, -0.25) is 0 Å². The molecule has 0 unspecified atom stereocenters. The number of aromatic nitrogens is 2. The Labute approximate surface area is 136 Å². The average Bonchev–Trinajstić information content (AvgIpc) is 2.99. The Kier molecular flexibility index (Phi) is 5.56. The van der Waals surface area contributed by atoms with Gasteiger partial charge in [-0.1, -0.05) is 29.4 Å². The lowest BCUT2D eigenvalue weighted by atomic mass is 9.92. The van der Waals surface area contributed by atoms with E-state index >= 15 is 0 Å². The molecular formula is C16H22ClN3O2. The minimum Gasteiger partial charge on any atom is -0.368 e. The number of hydrogen-bond donors (Lipinski definition) is 1. The minimum atomic E-state index is -0.428. The zero-order chi connectivity index (χ0) is 14.7. The number of halogens is 1. The van der Waals surface area contributed by atoms with Crippen LogP contribution < -0.4 is 5.32 Å². The second-order valence-electron chi connectivity index (χ2n) is 5.57. The van der Waals surface area contributed by atoms with E-state index in [2.05, 4.69) is 34.5 Å². The molecule has 120 valence electrons. The number of aryl methyl sites for hydroxylation is 1. The van der Waals surface area contributed by atoms with Crippen LogP contribution in [0.25, 0.3) is 0 Å². The van der Waals surface area contributed by atoms with Gasteiger partial charge in [-0.25, -0.2) is 0 Å². The third kappa shape index (κ3) is 3.32. The number of nitrogens with one attached hydrogen (secondary N) is 1. The van der Waals surface area contributed by atoms with Crippen LogP contribution in [0.5, 0.6) is 0 Å². The minimum absolute atomic E-state index is 0. The second kappa shape index (κ2) is 7.22. The third-order valence-corrected chi connectivity index (χ3v) is 4.27. The SMILES string of the molecule is COC1(c2nc(Cc3ccccc3C)no2)CCNCC1.Cl. The molecule has 22 heavy (non-hydrogen) atoms. The molecule has 0 saturated carbocycles. The van der Waals surface area contributed by atoms with E-state index in [1.807, 2.05) is 12.1 Å². The molecule has 0 amide bonds. The second-order valence-corrected chi connectivity index (χ2v) is 5.57. The van der Waals surface area contributed by atoms with E-state index in [4.69, 9.17) is 9.26 Å². The summed E-state index contributed by atoms with van der Waals surface area (Å²) in [4.78, 5) is 4.58. The maximum Gasteiger partial charge on any atom is 0.258 e. The van der Waals surface area contributed by atoms with Gasteiger partial charge < -0.3 is 14.6 Å².